The molecule has 0 heterocycles. The average Bonchev–Trinajstić information content (AvgIpc) is 3.00. The Kier molecular flexibility index (Phi) is 16.9. The monoisotopic (exact) mass is 552 g/mol. The highest BCUT2D eigenvalue weighted by Crippen LogP contribution is 2.26. The van der Waals surface area contributed by atoms with E-state index in [4.69, 9.17) is 0 Å². The molecule has 0 fully saturated rings. The quantitative estimate of drug-likeness (QED) is 0.0589. The third-order valence-electron chi connectivity index (χ3n) is 8.62. The fraction of sp³-hybridized carbons (Fsp3) is 0.500. The molecule has 3 aromatic carbocycles. The van der Waals surface area contributed by atoms with Gasteiger partial charge in [0.25, 0.3) is 0 Å². The predicted molar refractivity (Wildman–Crippen MR) is 180 cm³/mol. The van der Waals surface area contributed by atoms with Gasteiger partial charge in [0.2, 0.25) is 0 Å². The second kappa shape index (κ2) is 21.1. The van der Waals surface area contributed by atoms with Crippen molar-refractivity contribution in [1.29, 1.82) is 0 Å². The lowest BCUT2D eigenvalue weighted by atomic mass is 10.0. The number of hydrogen-bond donors (Lipinski definition) is 0. The lowest BCUT2D eigenvalue weighted by Gasteiger charge is -2.39. The first-order valence-electron chi connectivity index (χ1n) is 16.9. The zero-order valence-corrected chi connectivity index (χ0v) is 26.0. The molecule has 0 atom stereocenters. The molecule has 0 bridgehead atoms. The Morgan fingerprint density at radius 2 is 0.683 bits per heavy atom. The second-order valence-electron chi connectivity index (χ2n) is 12.4. The summed E-state index contributed by atoms with van der Waals surface area (Å²) in [7, 11) is 0. The van der Waals surface area contributed by atoms with Gasteiger partial charge in [0.15, 0.2) is 0 Å². The lowest BCUT2D eigenvalue weighted by Crippen LogP contribution is -2.46. The molecule has 41 heavy (non-hydrogen) atoms. The van der Waals surface area contributed by atoms with Crippen molar-refractivity contribution in [2.75, 3.05) is 6.54 Å². The summed E-state index contributed by atoms with van der Waals surface area (Å²) in [4.78, 5) is 0. The van der Waals surface area contributed by atoms with Crippen molar-refractivity contribution in [3.63, 3.8) is 0 Å². The number of quaternary nitrogens is 1. The molecule has 0 aromatic heterocycles. The highest BCUT2D eigenvalue weighted by atomic mass is 15.3. The Morgan fingerprint density at radius 1 is 0.390 bits per heavy atom. The number of hydrogen-bond acceptors (Lipinski definition) is 0. The summed E-state index contributed by atoms with van der Waals surface area (Å²) in [5.41, 5.74) is 4.34. The van der Waals surface area contributed by atoms with Gasteiger partial charge >= 0.3 is 0 Å². The lowest BCUT2D eigenvalue weighted by molar-refractivity contribution is -0.966. The van der Waals surface area contributed by atoms with Gasteiger partial charge in [-0.25, -0.2) is 0 Å². The van der Waals surface area contributed by atoms with Gasteiger partial charge in [-0.3, -0.25) is 0 Å². The first-order valence-corrected chi connectivity index (χ1v) is 16.9. The van der Waals surface area contributed by atoms with Gasteiger partial charge in [-0.05, 0) is 25.7 Å². The van der Waals surface area contributed by atoms with E-state index in [-0.39, 0.29) is 0 Å². The van der Waals surface area contributed by atoms with Crippen molar-refractivity contribution >= 4 is 0 Å². The number of unbranched alkanes of at least 4 members (excludes halogenated alkanes) is 15. The van der Waals surface area contributed by atoms with Crippen LogP contribution in [0.3, 0.4) is 0 Å². The highest BCUT2D eigenvalue weighted by molar-refractivity contribution is 5.17. The summed E-state index contributed by atoms with van der Waals surface area (Å²) in [6, 6.07) is 33.5. The van der Waals surface area contributed by atoms with E-state index >= 15 is 0 Å². The van der Waals surface area contributed by atoms with Crippen molar-refractivity contribution in [1.82, 2.24) is 0 Å². The van der Waals surface area contributed by atoms with Gasteiger partial charge in [0, 0.05) is 16.7 Å². The molecular weight excluding hydrogens is 494 g/mol. The van der Waals surface area contributed by atoms with Gasteiger partial charge in [-0.2, -0.15) is 0 Å². The molecule has 0 radical (unpaired) electrons. The zero-order chi connectivity index (χ0) is 28.7. The molecule has 0 aliphatic heterocycles. The standard InChI is InChI=1S/C40H58N/c1-2-3-4-5-6-7-8-9-10-11-12-13-14-15-16-17-27-34-41(35-38-28-21-18-22-29-38,36-39-30-23-19-24-31-39)37-40-32-25-20-26-33-40/h2,18-26,28-33H,1,3-17,27,34-37H2/q+1. The number of benzene rings is 3. The fourth-order valence-corrected chi connectivity index (χ4v) is 6.35. The van der Waals surface area contributed by atoms with Crippen LogP contribution in [0.25, 0.3) is 0 Å². The Labute approximate surface area is 253 Å². The molecule has 222 valence electrons. The normalized spacial score (nSPS) is 11.5. The molecule has 3 aromatic rings. The third-order valence-corrected chi connectivity index (χ3v) is 8.62. The summed E-state index contributed by atoms with van der Waals surface area (Å²) < 4.78 is 1.09. The molecule has 0 unspecified atom stereocenters. The van der Waals surface area contributed by atoms with E-state index in [2.05, 4.69) is 104 Å². The maximum atomic E-state index is 3.81. The Balaban J connectivity index is 1.39. The molecule has 1 heteroatoms. The van der Waals surface area contributed by atoms with Crippen LogP contribution in [0.4, 0.5) is 0 Å². The molecule has 0 aliphatic carbocycles. The smallest absolute Gasteiger partial charge is 0.105 e. The first-order chi connectivity index (χ1) is 20.3. The van der Waals surface area contributed by atoms with Crippen LogP contribution in [0.1, 0.15) is 119 Å². The minimum absolute atomic E-state index is 1.08. The largest absolute Gasteiger partial charge is 0.312 e. The molecular formula is C40H58N+. The van der Waals surface area contributed by atoms with E-state index in [1.165, 1.54) is 126 Å². The SMILES string of the molecule is C=CCCCCCCCCCCCCCCCCC[N+](Cc1ccccc1)(Cc1ccccc1)Cc1ccccc1. The summed E-state index contributed by atoms with van der Waals surface area (Å²) in [6.07, 6.45) is 24.3. The van der Waals surface area contributed by atoms with Gasteiger partial charge in [-0.1, -0.05) is 174 Å². The molecule has 0 saturated carbocycles. The highest BCUT2D eigenvalue weighted by Gasteiger charge is 2.28. The van der Waals surface area contributed by atoms with E-state index in [1.807, 2.05) is 0 Å². The molecule has 0 amide bonds. The van der Waals surface area contributed by atoms with E-state index < -0.39 is 0 Å². The number of rotatable bonds is 24. The average molecular weight is 553 g/mol. The van der Waals surface area contributed by atoms with Crippen molar-refractivity contribution < 1.29 is 4.48 Å². The van der Waals surface area contributed by atoms with Crippen LogP contribution in [-0.4, -0.2) is 11.0 Å². The van der Waals surface area contributed by atoms with E-state index in [0.29, 0.717) is 0 Å². The van der Waals surface area contributed by atoms with Crippen molar-refractivity contribution in [2.45, 2.75) is 122 Å². The van der Waals surface area contributed by atoms with Crippen LogP contribution < -0.4 is 0 Å². The van der Waals surface area contributed by atoms with E-state index in [1.54, 1.807) is 0 Å². The minimum atomic E-state index is 1.08. The fourth-order valence-electron chi connectivity index (χ4n) is 6.35. The van der Waals surface area contributed by atoms with Crippen LogP contribution in [0.2, 0.25) is 0 Å². The molecule has 0 saturated heterocycles. The van der Waals surface area contributed by atoms with Crippen molar-refractivity contribution in [3.8, 4) is 0 Å². The van der Waals surface area contributed by atoms with Gasteiger partial charge in [-0.15, -0.1) is 6.58 Å². The Hall–Kier alpha value is -2.64. The zero-order valence-electron chi connectivity index (χ0n) is 26.0. The van der Waals surface area contributed by atoms with Crippen molar-refractivity contribution in [2.24, 2.45) is 0 Å². The molecule has 0 aliphatic rings. The Morgan fingerprint density at radius 3 is 1.00 bits per heavy atom. The predicted octanol–water partition coefficient (Wildman–Crippen LogP) is 11.8. The molecule has 1 nitrogen and oxygen atoms in total. The summed E-state index contributed by atoms with van der Waals surface area (Å²) >= 11 is 0. The van der Waals surface area contributed by atoms with E-state index in [0.717, 1.165) is 24.1 Å². The van der Waals surface area contributed by atoms with Crippen LogP contribution in [0, 0.1) is 0 Å². The molecule has 3 rings (SSSR count). The first kappa shape index (κ1) is 32.9. The van der Waals surface area contributed by atoms with Crippen LogP contribution in [0.5, 0.6) is 0 Å². The summed E-state index contributed by atoms with van der Waals surface area (Å²) in [5, 5.41) is 0. The van der Waals surface area contributed by atoms with Crippen LogP contribution >= 0.6 is 0 Å². The number of nitrogens with zero attached hydrogens (tertiary/aromatic N) is 1. The third kappa shape index (κ3) is 14.7. The topological polar surface area (TPSA) is 0 Å². The maximum Gasteiger partial charge on any atom is 0.105 e. The van der Waals surface area contributed by atoms with Gasteiger partial charge in [0.05, 0.1) is 6.54 Å². The molecule has 0 N–H and O–H groups in total. The van der Waals surface area contributed by atoms with E-state index in [9.17, 15) is 0 Å². The second-order valence-corrected chi connectivity index (χ2v) is 12.4. The van der Waals surface area contributed by atoms with Crippen molar-refractivity contribution in [3.05, 3.63) is 120 Å². The summed E-state index contributed by atoms with van der Waals surface area (Å²) in [5.74, 6) is 0. The summed E-state index contributed by atoms with van der Waals surface area (Å²) in [6.45, 7) is 8.29. The maximum absolute atomic E-state index is 3.81. The van der Waals surface area contributed by atoms with Gasteiger partial charge in [0.1, 0.15) is 19.6 Å². The van der Waals surface area contributed by atoms with Crippen LogP contribution in [-0.2, 0) is 19.6 Å². The number of allylic oxidation sites excluding steroid dienone is 1. The Bertz CT molecular complexity index is 909. The van der Waals surface area contributed by atoms with Crippen LogP contribution in [0.15, 0.2) is 104 Å². The molecule has 0 spiro atoms. The van der Waals surface area contributed by atoms with Gasteiger partial charge < -0.3 is 4.48 Å². The minimum Gasteiger partial charge on any atom is -0.312 e.